The zero-order chi connectivity index (χ0) is 13.6. The molecule has 0 rings (SSSR count). The zero-order valence-electron chi connectivity index (χ0n) is 12.7. The minimum atomic E-state index is 0.0505. The van der Waals surface area contributed by atoms with E-state index in [1.807, 2.05) is 0 Å². The fraction of sp³-hybridized carbons (Fsp3) is 0.938. The van der Waals surface area contributed by atoms with E-state index in [-0.39, 0.29) is 6.04 Å². The molecule has 0 saturated carbocycles. The minimum Gasteiger partial charge on any atom is -0.302 e. The van der Waals surface area contributed by atoms with Gasteiger partial charge in [-0.15, -0.1) is 0 Å². The van der Waals surface area contributed by atoms with Gasteiger partial charge in [-0.3, -0.25) is 0 Å². The van der Waals surface area contributed by atoms with Gasteiger partial charge in [0.25, 0.3) is 0 Å². The van der Waals surface area contributed by atoms with Crippen LogP contribution in [0.1, 0.15) is 78.6 Å². The molecule has 0 aliphatic carbocycles. The average Bonchev–Trinajstić information content (AvgIpc) is 2.35. The van der Waals surface area contributed by atoms with Gasteiger partial charge in [0.1, 0.15) is 0 Å². The van der Waals surface area contributed by atoms with Crippen LogP contribution < -0.4 is 5.32 Å². The molecule has 0 bridgehead atoms. The number of hydrogen-bond acceptors (Lipinski definition) is 2. The van der Waals surface area contributed by atoms with Crippen molar-refractivity contribution in [1.82, 2.24) is 5.32 Å². The lowest BCUT2D eigenvalue weighted by Crippen LogP contribution is -2.29. The molecule has 0 radical (unpaired) electrons. The molecule has 0 spiro atoms. The SMILES string of the molecule is CCCCCCCCCCNC(C#N)CC(C)C. The van der Waals surface area contributed by atoms with Gasteiger partial charge in [0.05, 0.1) is 12.1 Å². The number of unbranched alkanes of at least 4 members (excludes halogenated alkanes) is 7. The Labute approximate surface area is 114 Å². The average molecular weight is 252 g/mol. The number of hydrogen-bond donors (Lipinski definition) is 1. The molecule has 0 aromatic carbocycles. The Bertz CT molecular complexity index is 206. The molecule has 1 N–H and O–H groups in total. The van der Waals surface area contributed by atoms with E-state index in [0.29, 0.717) is 5.92 Å². The van der Waals surface area contributed by atoms with Gasteiger partial charge in [-0.25, -0.2) is 0 Å². The van der Waals surface area contributed by atoms with Crippen LogP contribution in [0, 0.1) is 17.2 Å². The monoisotopic (exact) mass is 252 g/mol. The van der Waals surface area contributed by atoms with E-state index < -0.39 is 0 Å². The van der Waals surface area contributed by atoms with Gasteiger partial charge in [-0.05, 0) is 25.3 Å². The van der Waals surface area contributed by atoms with Gasteiger partial charge in [0.2, 0.25) is 0 Å². The first-order valence-corrected chi connectivity index (χ1v) is 7.83. The van der Waals surface area contributed by atoms with Crippen LogP contribution in [0.3, 0.4) is 0 Å². The first-order chi connectivity index (χ1) is 8.70. The van der Waals surface area contributed by atoms with E-state index in [1.165, 1.54) is 51.4 Å². The maximum atomic E-state index is 8.99. The first-order valence-electron chi connectivity index (χ1n) is 7.83. The third-order valence-electron chi connectivity index (χ3n) is 3.28. The van der Waals surface area contributed by atoms with Crippen molar-refractivity contribution in [3.05, 3.63) is 0 Å². The smallest absolute Gasteiger partial charge is 0.0955 e. The molecule has 0 amide bonds. The molecule has 1 atom stereocenters. The van der Waals surface area contributed by atoms with Crippen LogP contribution in [0.25, 0.3) is 0 Å². The van der Waals surface area contributed by atoms with Crippen molar-refractivity contribution in [3.8, 4) is 6.07 Å². The highest BCUT2D eigenvalue weighted by molar-refractivity contribution is 4.89. The van der Waals surface area contributed by atoms with Crippen molar-refractivity contribution in [1.29, 1.82) is 5.26 Å². The largest absolute Gasteiger partial charge is 0.302 e. The lowest BCUT2D eigenvalue weighted by molar-refractivity contribution is 0.466. The molecule has 2 heteroatoms. The number of nitrogens with one attached hydrogen (secondary N) is 1. The topological polar surface area (TPSA) is 35.8 Å². The normalized spacial score (nSPS) is 12.6. The molecule has 18 heavy (non-hydrogen) atoms. The fourth-order valence-corrected chi connectivity index (χ4v) is 2.19. The van der Waals surface area contributed by atoms with E-state index in [2.05, 4.69) is 32.2 Å². The second-order valence-electron chi connectivity index (χ2n) is 5.74. The van der Waals surface area contributed by atoms with Crippen molar-refractivity contribution < 1.29 is 0 Å². The zero-order valence-corrected chi connectivity index (χ0v) is 12.7. The van der Waals surface area contributed by atoms with E-state index in [0.717, 1.165) is 13.0 Å². The van der Waals surface area contributed by atoms with Gasteiger partial charge in [-0.1, -0.05) is 65.7 Å². The summed E-state index contributed by atoms with van der Waals surface area (Å²) < 4.78 is 0. The Morgan fingerprint density at radius 2 is 1.50 bits per heavy atom. The number of nitrogens with zero attached hydrogens (tertiary/aromatic N) is 1. The van der Waals surface area contributed by atoms with Gasteiger partial charge in [0, 0.05) is 0 Å². The molecule has 0 aromatic heterocycles. The standard InChI is InChI=1S/C16H32N2/c1-4-5-6-7-8-9-10-11-12-18-16(14-17)13-15(2)3/h15-16,18H,4-13H2,1-3H3. The highest BCUT2D eigenvalue weighted by Gasteiger charge is 2.07. The van der Waals surface area contributed by atoms with Gasteiger partial charge >= 0.3 is 0 Å². The van der Waals surface area contributed by atoms with Crippen LogP contribution in [0.4, 0.5) is 0 Å². The van der Waals surface area contributed by atoms with Crippen LogP contribution in [-0.4, -0.2) is 12.6 Å². The quantitative estimate of drug-likeness (QED) is 0.513. The van der Waals surface area contributed by atoms with Gasteiger partial charge in [-0.2, -0.15) is 5.26 Å². The third-order valence-corrected chi connectivity index (χ3v) is 3.28. The lowest BCUT2D eigenvalue weighted by atomic mass is 10.0. The minimum absolute atomic E-state index is 0.0505. The molecule has 0 aromatic rings. The van der Waals surface area contributed by atoms with E-state index in [4.69, 9.17) is 5.26 Å². The van der Waals surface area contributed by atoms with Crippen LogP contribution >= 0.6 is 0 Å². The fourth-order valence-electron chi connectivity index (χ4n) is 2.19. The summed E-state index contributed by atoms with van der Waals surface area (Å²) in [5.74, 6) is 0.598. The predicted molar refractivity (Wildman–Crippen MR) is 79.5 cm³/mol. The Hall–Kier alpha value is -0.550. The van der Waals surface area contributed by atoms with E-state index in [9.17, 15) is 0 Å². The molecule has 2 nitrogen and oxygen atoms in total. The van der Waals surface area contributed by atoms with Gasteiger partial charge in [0.15, 0.2) is 0 Å². The van der Waals surface area contributed by atoms with Crippen molar-refractivity contribution in [2.24, 2.45) is 5.92 Å². The predicted octanol–water partition coefficient (Wildman–Crippen LogP) is 4.65. The van der Waals surface area contributed by atoms with E-state index >= 15 is 0 Å². The van der Waals surface area contributed by atoms with Crippen LogP contribution in [0.5, 0.6) is 0 Å². The second kappa shape index (κ2) is 12.9. The molecule has 0 heterocycles. The molecule has 0 saturated heterocycles. The van der Waals surface area contributed by atoms with Crippen LogP contribution in [-0.2, 0) is 0 Å². The molecule has 106 valence electrons. The lowest BCUT2D eigenvalue weighted by Gasteiger charge is -2.13. The van der Waals surface area contributed by atoms with Crippen molar-refractivity contribution in [3.63, 3.8) is 0 Å². The van der Waals surface area contributed by atoms with Crippen molar-refractivity contribution in [2.75, 3.05) is 6.54 Å². The highest BCUT2D eigenvalue weighted by Crippen LogP contribution is 2.08. The molecule has 0 aliphatic rings. The summed E-state index contributed by atoms with van der Waals surface area (Å²) in [5.41, 5.74) is 0. The highest BCUT2D eigenvalue weighted by atomic mass is 14.9. The first kappa shape index (κ1) is 17.4. The molecule has 0 aliphatic heterocycles. The molecule has 0 fully saturated rings. The summed E-state index contributed by atoms with van der Waals surface area (Å²) in [6, 6.07) is 2.40. The second-order valence-corrected chi connectivity index (χ2v) is 5.74. The Morgan fingerprint density at radius 3 is 2.00 bits per heavy atom. The summed E-state index contributed by atoms with van der Waals surface area (Å²) in [6.07, 6.45) is 11.7. The van der Waals surface area contributed by atoms with Crippen LogP contribution in [0.2, 0.25) is 0 Å². The Kier molecular flexibility index (Phi) is 12.5. The number of nitriles is 1. The van der Waals surface area contributed by atoms with Gasteiger partial charge < -0.3 is 5.32 Å². The summed E-state index contributed by atoms with van der Waals surface area (Å²) >= 11 is 0. The summed E-state index contributed by atoms with van der Waals surface area (Å²) in [6.45, 7) is 7.60. The van der Waals surface area contributed by atoms with Crippen molar-refractivity contribution in [2.45, 2.75) is 84.6 Å². The maximum absolute atomic E-state index is 8.99. The molecular weight excluding hydrogens is 220 g/mol. The third kappa shape index (κ3) is 11.9. The Morgan fingerprint density at radius 1 is 0.944 bits per heavy atom. The Balaban J connectivity index is 3.26. The van der Waals surface area contributed by atoms with Crippen molar-refractivity contribution >= 4 is 0 Å². The van der Waals surface area contributed by atoms with E-state index in [1.54, 1.807) is 0 Å². The van der Waals surface area contributed by atoms with Crippen LogP contribution in [0.15, 0.2) is 0 Å². The number of rotatable bonds is 12. The molecular formula is C16H32N2. The maximum Gasteiger partial charge on any atom is 0.0955 e. The summed E-state index contributed by atoms with van der Waals surface area (Å²) in [7, 11) is 0. The summed E-state index contributed by atoms with van der Waals surface area (Å²) in [5, 5.41) is 12.3. The molecule has 1 unspecified atom stereocenters. The summed E-state index contributed by atoms with van der Waals surface area (Å²) in [4.78, 5) is 0.